The lowest BCUT2D eigenvalue weighted by Gasteiger charge is -2.30. The first-order valence-corrected chi connectivity index (χ1v) is 9.76. The van der Waals surface area contributed by atoms with Crippen LogP contribution in [-0.2, 0) is 13.0 Å². The van der Waals surface area contributed by atoms with Gasteiger partial charge in [-0.3, -0.25) is 4.99 Å². The van der Waals surface area contributed by atoms with E-state index in [4.69, 9.17) is 0 Å². The third kappa shape index (κ3) is 7.02. The second kappa shape index (κ2) is 11.1. The first kappa shape index (κ1) is 19.7. The van der Waals surface area contributed by atoms with Gasteiger partial charge in [-0.15, -0.1) is 10.2 Å². The van der Waals surface area contributed by atoms with Gasteiger partial charge in [0.05, 0.1) is 0 Å². The zero-order valence-corrected chi connectivity index (χ0v) is 16.2. The van der Waals surface area contributed by atoms with Gasteiger partial charge in [-0.05, 0) is 51.2 Å². The topological polar surface area (TPSA) is 70.4 Å². The summed E-state index contributed by atoms with van der Waals surface area (Å²) in [5, 5.41) is 14.8. The lowest BCUT2D eigenvalue weighted by Crippen LogP contribution is -2.39. The first-order valence-electron chi connectivity index (χ1n) is 9.76. The van der Waals surface area contributed by atoms with Crippen LogP contribution in [0.4, 0.5) is 0 Å². The predicted octanol–water partition coefficient (Wildman–Crippen LogP) is 1.52. The Morgan fingerprint density at radius 1 is 1.20 bits per heavy atom. The van der Waals surface area contributed by atoms with Crippen LogP contribution in [0.15, 0.2) is 11.3 Å². The summed E-state index contributed by atoms with van der Waals surface area (Å²) >= 11 is 0. The first-order chi connectivity index (χ1) is 12.2. The molecule has 0 saturated carbocycles. The molecule has 0 aromatic carbocycles. The molecule has 1 fully saturated rings. The molecule has 2 heterocycles. The van der Waals surface area contributed by atoms with Gasteiger partial charge in [-0.2, -0.15) is 0 Å². The summed E-state index contributed by atoms with van der Waals surface area (Å²) in [6.45, 7) is 10.9. The third-order valence-electron chi connectivity index (χ3n) is 4.95. The van der Waals surface area contributed by atoms with Gasteiger partial charge in [0, 0.05) is 33.1 Å². The van der Waals surface area contributed by atoms with Crippen molar-refractivity contribution < 1.29 is 0 Å². The largest absolute Gasteiger partial charge is 0.356 e. The van der Waals surface area contributed by atoms with Crippen molar-refractivity contribution in [2.45, 2.75) is 52.5 Å². The number of guanidine groups is 1. The molecule has 2 N–H and O–H groups in total. The molecular weight excluding hydrogens is 314 g/mol. The second-order valence-corrected chi connectivity index (χ2v) is 6.95. The van der Waals surface area contributed by atoms with Crippen LogP contribution >= 0.6 is 0 Å². The standard InChI is InChI=1S/C18H35N7/c1-4-17-23-22-15-25(17)14-10-21-18(19-3)20-9-5-6-11-24-12-7-16(2)8-13-24/h15-16H,4-14H2,1-3H3,(H2,19,20,21). The van der Waals surface area contributed by atoms with E-state index in [1.807, 2.05) is 7.05 Å². The fourth-order valence-electron chi connectivity index (χ4n) is 3.21. The van der Waals surface area contributed by atoms with E-state index in [1.165, 1.54) is 45.3 Å². The van der Waals surface area contributed by atoms with E-state index in [0.29, 0.717) is 0 Å². The third-order valence-corrected chi connectivity index (χ3v) is 4.95. The minimum Gasteiger partial charge on any atom is -0.356 e. The van der Waals surface area contributed by atoms with Gasteiger partial charge >= 0.3 is 0 Å². The maximum atomic E-state index is 4.29. The van der Waals surface area contributed by atoms with Gasteiger partial charge in [0.2, 0.25) is 0 Å². The van der Waals surface area contributed by atoms with E-state index < -0.39 is 0 Å². The average molecular weight is 350 g/mol. The lowest BCUT2D eigenvalue weighted by molar-refractivity contribution is 0.189. The van der Waals surface area contributed by atoms with Crippen molar-refractivity contribution in [1.29, 1.82) is 0 Å². The molecule has 7 heteroatoms. The van der Waals surface area contributed by atoms with Crippen molar-refractivity contribution in [3.05, 3.63) is 12.2 Å². The van der Waals surface area contributed by atoms with E-state index in [-0.39, 0.29) is 0 Å². The monoisotopic (exact) mass is 349 g/mol. The van der Waals surface area contributed by atoms with Crippen LogP contribution in [0.25, 0.3) is 0 Å². The van der Waals surface area contributed by atoms with Crippen LogP contribution in [0.5, 0.6) is 0 Å². The maximum absolute atomic E-state index is 4.29. The van der Waals surface area contributed by atoms with Gasteiger partial charge in [0.25, 0.3) is 0 Å². The van der Waals surface area contributed by atoms with Crippen LogP contribution in [0, 0.1) is 5.92 Å². The normalized spacial score (nSPS) is 17.0. The minimum atomic E-state index is 0.816. The van der Waals surface area contributed by atoms with E-state index in [1.54, 1.807) is 6.33 Å². The van der Waals surface area contributed by atoms with Crippen LogP contribution in [0.2, 0.25) is 0 Å². The fraction of sp³-hybridized carbons (Fsp3) is 0.833. The number of piperidine rings is 1. The van der Waals surface area contributed by atoms with Gasteiger partial charge in [-0.25, -0.2) is 0 Å². The minimum absolute atomic E-state index is 0.816. The van der Waals surface area contributed by atoms with Gasteiger partial charge in [0.15, 0.2) is 5.96 Å². The molecule has 1 aromatic heterocycles. The molecule has 0 spiro atoms. The van der Waals surface area contributed by atoms with Crippen molar-refractivity contribution in [1.82, 2.24) is 30.3 Å². The SMILES string of the molecule is CCc1nncn1CCNC(=NC)NCCCCN1CCC(C)CC1. The van der Waals surface area contributed by atoms with Crippen molar-refractivity contribution >= 4 is 5.96 Å². The highest BCUT2D eigenvalue weighted by Gasteiger charge is 2.14. The molecule has 25 heavy (non-hydrogen) atoms. The van der Waals surface area contributed by atoms with Crippen molar-refractivity contribution in [2.75, 3.05) is 39.8 Å². The fourth-order valence-corrected chi connectivity index (χ4v) is 3.21. The number of aliphatic imine (C=N–C) groups is 1. The zero-order valence-electron chi connectivity index (χ0n) is 16.2. The molecule has 0 radical (unpaired) electrons. The molecule has 0 bridgehead atoms. The molecule has 1 saturated heterocycles. The zero-order chi connectivity index (χ0) is 17.9. The van der Waals surface area contributed by atoms with E-state index in [9.17, 15) is 0 Å². The number of aromatic nitrogens is 3. The molecule has 2 rings (SSSR count). The van der Waals surface area contributed by atoms with Crippen molar-refractivity contribution in [2.24, 2.45) is 10.9 Å². The lowest BCUT2D eigenvalue weighted by atomic mass is 9.99. The summed E-state index contributed by atoms with van der Waals surface area (Å²) in [4.78, 5) is 6.90. The molecule has 1 aliphatic rings. The molecule has 1 aliphatic heterocycles. The highest BCUT2D eigenvalue weighted by atomic mass is 15.3. The molecule has 7 nitrogen and oxygen atoms in total. The highest BCUT2D eigenvalue weighted by Crippen LogP contribution is 2.15. The number of nitrogens with one attached hydrogen (secondary N) is 2. The van der Waals surface area contributed by atoms with Crippen LogP contribution in [0.1, 0.15) is 45.4 Å². The number of nitrogens with zero attached hydrogens (tertiary/aromatic N) is 5. The van der Waals surface area contributed by atoms with Crippen molar-refractivity contribution in [3.63, 3.8) is 0 Å². The Kier molecular flexibility index (Phi) is 8.72. The Labute approximate surface area is 152 Å². The number of likely N-dealkylation sites (tertiary alicyclic amines) is 1. The van der Waals surface area contributed by atoms with E-state index in [0.717, 1.165) is 43.8 Å². The Morgan fingerprint density at radius 3 is 2.68 bits per heavy atom. The number of aryl methyl sites for hydroxylation is 1. The van der Waals surface area contributed by atoms with Gasteiger partial charge < -0.3 is 20.1 Å². The summed E-state index contributed by atoms with van der Waals surface area (Å²) in [6, 6.07) is 0. The summed E-state index contributed by atoms with van der Waals surface area (Å²) in [5.41, 5.74) is 0. The Morgan fingerprint density at radius 2 is 1.96 bits per heavy atom. The molecule has 0 amide bonds. The quantitative estimate of drug-likeness (QED) is 0.402. The Hall–Kier alpha value is -1.63. The molecule has 0 unspecified atom stereocenters. The molecule has 1 aromatic rings. The molecular formula is C18H35N7. The average Bonchev–Trinajstić information content (AvgIpc) is 3.09. The van der Waals surface area contributed by atoms with Crippen LogP contribution in [0.3, 0.4) is 0 Å². The summed E-state index contributed by atoms with van der Waals surface area (Å²) < 4.78 is 2.08. The Balaban J connectivity index is 1.53. The molecule has 142 valence electrons. The smallest absolute Gasteiger partial charge is 0.191 e. The highest BCUT2D eigenvalue weighted by molar-refractivity contribution is 5.79. The molecule has 0 atom stereocenters. The molecule has 0 aliphatic carbocycles. The van der Waals surface area contributed by atoms with E-state index in [2.05, 4.69) is 49.1 Å². The summed E-state index contributed by atoms with van der Waals surface area (Å²) in [7, 11) is 1.82. The van der Waals surface area contributed by atoms with Gasteiger partial charge in [0.1, 0.15) is 12.2 Å². The number of rotatable bonds is 9. The van der Waals surface area contributed by atoms with E-state index >= 15 is 0 Å². The van der Waals surface area contributed by atoms with Crippen molar-refractivity contribution in [3.8, 4) is 0 Å². The Bertz CT molecular complexity index is 503. The second-order valence-electron chi connectivity index (χ2n) is 6.95. The number of hydrogen-bond acceptors (Lipinski definition) is 4. The number of unbranched alkanes of at least 4 members (excludes halogenated alkanes) is 1. The number of hydrogen-bond donors (Lipinski definition) is 2. The van der Waals surface area contributed by atoms with Crippen LogP contribution in [-0.4, -0.2) is 65.4 Å². The maximum Gasteiger partial charge on any atom is 0.191 e. The predicted molar refractivity (Wildman–Crippen MR) is 103 cm³/mol. The summed E-state index contributed by atoms with van der Waals surface area (Å²) in [5.74, 6) is 2.81. The summed E-state index contributed by atoms with van der Waals surface area (Å²) in [6.07, 6.45) is 7.85. The van der Waals surface area contributed by atoms with Gasteiger partial charge in [-0.1, -0.05) is 13.8 Å². The van der Waals surface area contributed by atoms with Crippen LogP contribution < -0.4 is 10.6 Å².